The highest BCUT2D eigenvalue weighted by Gasteiger charge is 2.50. The van der Waals surface area contributed by atoms with E-state index in [0.29, 0.717) is 0 Å². The summed E-state index contributed by atoms with van der Waals surface area (Å²) in [5.41, 5.74) is 0. The zero-order valence-corrected chi connectivity index (χ0v) is 22.7. The van der Waals surface area contributed by atoms with Gasteiger partial charge in [0.25, 0.3) is 0 Å². The molecule has 158 valence electrons. The Balaban J connectivity index is 6.07. The van der Waals surface area contributed by atoms with Crippen molar-refractivity contribution in [2.45, 2.75) is 124 Å². The highest BCUT2D eigenvalue weighted by molar-refractivity contribution is 6.92. The van der Waals surface area contributed by atoms with Crippen LogP contribution < -0.4 is 0 Å². The molecule has 0 aromatic carbocycles. The lowest BCUT2D eigenvalue weighted by atomic mass is 10.6. The SMILES string of the molecule is CCC[Si](C)(OCC)OC(C)N([Si](CC)(CC)CC)[Si](CC)(CC)CC. The molecule has 0 aliphatic rings. The molecule has 0 radical (unpaired) electrons. The van der Waals surface area contributed by atoms with E-state index < -0.39 is 25.0 Å². The minimum Gasteiger partial charge on any atom is -0.395 e. The summed E-state index contributed by atoms with van der Waals surface area (Å²) in [7, 11) is -5.14. The molecule has 0 spiro atoms. The van der Waals surface area contributed by atoms with Gasteiger partial charge in [0.2, 0.25) is 0 Å². The van der Waals surface area contributed by atoms with Crippen molar-refractivity contribution >= 4 is 25.0 Å². The first-order chi connectivity index (χ1) is 12.2. The van der Waals surface area contributed by atoms with Crippen molar-refractivity contribution in [3.63, 3.8) is 0 Å². The van der Waals surface area contributed by atoms with Crippen molar-refractivity contribution in [3.05, 3.63) is 0 Å². The maximum Gasteiger partial charge on any atom is 0.336 e. The van der Waals surface area contributed by atoms with Crippen LogP contribution in [0.4, 0.5) is 0 Å². The van der Waals surface area contributed by atoms with E-state index in [-0.39, 0.29) is 6.23 Å². The third kappa shape index (κ3) is 6.01. The van der Waals surface area contributed by atoms with Crippen LogP contribution in [0, 0.1) is 0 Å². The normalized spacial score (nSPS) is 16.7. The zero-order valence-electron chi connectivity index (χ0n) is 19.7. The van der Waals surface area contributed by atoms with Crippen molar-refractivity contribution in [2.75, 3.05) is 6.61 Å². The van der Waals surface area contributed by atoms with Gasteiger partial charge in [0.05, 0.1) is 6.23 Å². The highest BCUT2D eigenvalue weighted by atomic mass is 28.4. The van der Waals surface area contributed by atoms with Gasteiger partial charge in [-0.05, 0) is 62.7 Å². The summed E-state index contributed by atoms with van der Waals surface area (Å²) >= 11 is 0. The molecular formula is C20H49NO2Si3. The molecular weight excluding hydrogens is 370 g/mol. The van der Waals surface area contributed by atoms with Crippen LogP contribution in [0.5, 0.6) is 0 Å². The van der Waals surface area contributed by atoms with Gasteiger partial charge >= 0.3 is 8.56 Å². The van der Waals surface area contributed by atoms with Crippen molar-refractivity contribution < 1.29 is 8.85 Å². The molecule has 2 atom stereocenters. The molecule has 0 saturated heterocycles. The molecule has 2 unspecified atom stereocenters. The lowest BCUT2D eigenvalue weighted by Crippen LogP contribution is -2.70. The van der Waals surface area contributed by atoms with E-state index in [9.17, 15) is 0 Å². The first-order valence-corrected chi connectivity index (χ1v) is 19.0. The van der Waals surface area contributed by atoms with Gasteiger partial charge in [0, 0.05) is 6.61 Å². The Labute approximate surface area is 168 Å². The van der Waals surface area contributed by atoms with Gasteiger partial charge in [0.15, 0.2) is 0 Å². The summed E-state index contributed by atoms with van der Waals surface area (Å²) in [6.07, 6.45) is 1.36. The lowest BCUT2D eigenvalue weighted by molar-refractivity contribution is 0.0792. The number of nitrogens with zero attached hydrogens (tertiary/aromatic N) is 1. The Kier molecular flexibility index (Phi) is 12.4. The summed E-state index contributed by atoms with van der Waals surface area (Å²) in [4.78, 5) is 0. The van der Waals surface area contributed by atoms with Gasteiger partial charge in [-0.25, -0.2) is 0 Å². The highest BCUT2D eigenvalue weighted by Crippen LogP contribution is 2.38. The molecule has 3 nitrogen and oxygen atoms in total. The van der Waals surface area contributed by atoms with Gasteiger partial charge in [0.1, 0.15) is 16.5 Å². The minimum absolute atomic E-state index is 0.211. The molecule has 0 N–H and O–H groups in total. The molecule has 0 rings (SSSR count). The smallest absolute Gasteiger partial charge is 0.336 e. The number of hydrogen-bond acceptors (Lipinski definition) is 3. The molecule has 0 bridgehead atoms. The average Bonchev–Trinajstić information content (AvgIpc) is 2.63. The van der Waals surface area contributed by atoms with Crippen LogP contribution >= 0.6 is 0 Å². The second kappa shape index (κ2) is 12.2. The molecule has 0 heterocycles. The molecule has 0 fully saturated rings. The van der Waals surface area contributed by atoms with E-state index >= 15 is 0 Å². The van der Waals surface area contributed by atoms with Crippen LogP contribution in [-0.2, 0) is 8.85 Å². The summed E-state index contributed by atoms with van der Waals surface area (Å²) in [5, 5.41) is 0. The fourth-order valence-corrected chi connectivity index (χ4v) is 21.6. The Morgan fingerprint density at radius 3 is 1.38 bits per heavy atom. The molecule has 26 heavy (non-hydrogen) atoms. The Morgan fingerprint density at radius 1 is 0.731 bits per heavy atom. The van der Waals surface area contributed by atoms with E-state index in [1.165, 1.54) is 36.3 Å². The summed E-state index contributed by atoms with van der Waals surface area (Å²) in [6.45, 7) is 24.4. The van der Waals surface area contributed by atoms with E-state index in [1.807, 2.05) is 0 Å². The third-order valence-electron chi connectivity index (χ3n) is 6.91. The van der Waals surface area contributed by atoms with Gasteiger partial charge < -0.3 is 13.1 Å². The van der Waals surface area contributed by atoms with Gasteiger partial charge in [-0.3, -0.25) is 0 Å². The van der Waals surface area contributed by atoms with E-state index in [4.69, 9.17) is 8.85 Å². The lowest BCUT2D eigenvalue weighted by Gasteiger charge is -2.55. The first kappa shape index (κ1) is 26.5. The fourth-order valence-electron chi connectivity index (χ4n) is 5.13. The molecule has 0 amide bonds. The van der Waals surface area contributed by atoms with Crippen LogP contribution in [-0.4, -0.2) is 42.1 Å². The fraction of sp³-hybridized carbons (Fsp3) is 1.00. The predicted octanol–water partition coefficient (Wildman–Crippen LogP) is 7.18. The topological polar surface area (TPSA) is 21.7 Å². The maximum atomic E-state index is 6.92. The van der Waals surface area contributed by atoms with Crippen molar-refractivity contribution in [3.8, 4) is 0 Å². The molecule has 0 aliphatic heterocycles. The number of rotatable bonds is 15. The molecule has 0 saturated carbocycles. The average molecular weight is 420 g/mol. The van der Waals surface area contributed by atoms with Gasteiger partial charge in [-0.2, -0.15) is 0 Å². The Bertz CT molecular complexity index is 332. The second-order valence-electron chi connectivity index (χ2n) is 7.97. The summed E-state index contributed by atoms with van der Waals surface area (Å²) in [6, 6.07) is 9.11. The third-order valence-corrected chi connectivity index (χ3v) is 23.6. The van der Waals surface area contributed by atoms with E-state index in [0.717, 1.165) is 19.1 Å². The zero-order chi connectivity index (χ0) is 20.4. The predicted molar refractivity (Wildman–Crippen MR) is 125 cm³/mol. The summed E-state index contributed by atoms with van der Waals surface area (Å²) in [5.74, 6) is 0. The maximum absolute atomic E-state index is 6.92. The van der Waals surface area contributed by atoms with Crippen LogP contribution in [0.3, 0.4) is 0 Å². The molecule has 0 aromatic heterocycles. The van der Waals surface area contributed by atoms with Crippen LogP contribution in [0.1, 0.15) is 68.7 Å². The van der Waals surface area contributed by atoms with E-state index in [2.05, 4.69) is 73.1 Å². The number of hydrogen-bond donors (Lipinski definition) is 0. The van der Waals surface area contributed by atoms with Crippen LogP contribution in [0.2, 0.25) is 48.9 Å². The van der Waals surface area contributed by atoms with Gasteiger partial charge in [-0.15, -0.1) is 0 Å². The standard InChI is InChI=1S/C20H49NO2Si3/c1-11-19-24(10,22-12-2)23-20(9)21(25(13-3,14-4)15-5)26(16-6,17-7)18-8/h20H,11-19H2,1-10H3. The largest absolute Gasteiger partial charge is 0.395 e. The van der Waals surface area contributed by atoms with Crippen molar-refractivity contribution in [1.29, 1.82) is 0 Å². The van der Waals surface area contributed by atoms with Gasteiger partial charge in [-0.1, -0.05) is 54.9 Å². The quantitative estimate of drug-likeness (QED) is 0.207. The molecule has 0 aromatic rings. The monoisotopic (exact) mass is 419 g/mol. The minimum atomic E-state index is -2.11. The summed E-state index contributed by atoms with van der Waals surface area (Å²) < 4.78 is 16.2. The van der Waals surface area contributed by atoms with Crippen LogP contribution in [0.25, 0.3) is 0 Å². The second-order valence-corrected chi connectivity index (χ2v) is 21.8. The van der Waals surface area contributed by atoms with Crippen LogP contribution in [0.15, 0.2) is 0 Å². The van der Waals surface area contributed by atoms with Crippen molar-refractivity contribution in [1.82, 2.24) is 4.23 Å². The van der Waals surface area contributed by atoms with E-state index in [1.54, 1.807) is 0 Å². The Morgan fingerprint density at radius 2 is 1.12 bits per heavy atom. The Hall–Kier alpha value is 0.531. The molecule has 0 aliphatic carbocycles. The molecule has 6 heteroatoms. The first-order valence-electron chi connectivity index (χ1n) is 11.3. The van der Waals surface area contributed by atoms with Crippen molar-refractivity contribution in [2.24, 2.45) is 0 Å².